The molecule has 31 heteroatoms. The minimum atomic E-state index is -1.11. The molecule has 1 saturated heterocycles. The summed E-state index contributed by atoms with van der Waals surface area (Å²) >= 11 is 2.60. The molecule has 1 fully saturated rings. The summed E-state index contributed by atoms with van der Waals surface area (Å²) in [7, 11) is 7.62. The van der Waals surface area contributed by atoms with Crippen LogP contribution in [0.4, 0.5) is 10.5 Å². The number of aliphatic carboxylic acids is 1. The van der Waals surface area contributed by atoms with Gasteiger partial charge in [-0.05, 0) is 151 Å². The van der Waals surface area contributed by atoms with Gasteiger partial charge in [0.05, 0.1) is 42.3 Å². The van der Waals surface area contributed by atoms with Crippen LogP contribution < -0.4 is 53.2 Å². The molecule has 1 aromatic carbocycles. The summed E-state index contributed by atoms with van der Waals surface area (Å²) in [6, 6.07) is -0.403. The molecule has 0 spiro atoms. The quantitative estimate of drug-likeness (QED) is 0.0401. The van der Waals surface area contributed by atoms with Crippen molar-refractivity contribution in [1.82, 2.24) is 67.5 Å². The first-order chi connectivity index (χ1) is 41.5. The lowest BCUT2D eigenvalue weighted by molar-refractivity contribution is -0.138. The number of likely N-dealkylation sites (tertiary alicyclic amines) is 1. The van der Waals surface area contributed by atoms with E-state index in [1.807, 2.05) is 38.0 Å². The van der Waals surface area contributed by atoms with Crippen molar-refractivity contribution in [3.05, 3.63) is 23.2 Å². The molecule has 488 valence electrons. The number of nitrogens with zero attached hydrogens (tertiary/aromatic N) is 5. The second kappa shape index (κ2) is 36.1. The number of carbonyl (C=O) groups excluding carboxylic acids is 11. The van der Waals surface area contributed by atoms with Gasteiger partial charge in [0.15, 0.2) is 6.04 Å². The molecule has 4 rings (SSSR count). The average Bonchev–Trinajstić information content (AvgIpc) is 3.84. The molecule has 0 radical (unpaired) electrons. The monoisotopic (exact) mass is 1270 g/mol. The van der Waals surface area contributed by atoms with Crippen molar-refractivity contribution < 1.29 is 67.4 Å². The molecule has 2 aliphatic heterocycles. The summed E-state index contributed by atoms with van der Waals surface area (Å²) in [6.45, 7) is 9.34. The van der Waals surface area contributed by atoms with Crippen LogP contribution in [0.2, 0.25) is 0 Å². The van der Waals surface area contributed by atoms with Crippen molar-refractivity contribution in [2.75, 3.05) is 91.6 Å². The summed E-state index contributed by atoms with van der Waals surface area (Å²) in [6.07, 6.45) is 3.57. The molecule has 2 aromatic rings. The Balaban J connectivity index is 1.25. The number of thiazole rings is 1. The number of hydrogen-bond acceptors (Lipinski definition) is 19. The van der Waals surface area contributed by atoms with Crippen molar-refractivity contribution in [3.8, 4) is 0 Å². The SMILES string of the molecule is CC(=O)NCCCCC(NC(=O)[C@H](C)CNC(=O)CNC(=O)CNC(=O)[C@H](CCCCN(C)C)NC(=O)CN1C(=O)[C@@H](NC(=O)CNC(=O)[C@H](CCCCN(C)C)NC(=O)OC(C)(C)C)CC1C)C(=O)Nc1ccc2nc(C3=NC(C(=O)O)CS3)sc2c1. The summed E-state index contributed by atoms with van der Waals surface area (Å²) < 4.78 is 6.05. The van der Waals surface area contributed by atoms with E-state index in [1.54, 1.807) is 52.8 Å². The van der Waals surface area contributed by atoms with Crippen LogP contribution in [0.3, 0.4) is 0 Å². The number of ether oxygens (including phenoxy) is 1. The van der Waals surface area contributed by atoms with E-state index in [0.717, 1.165) is 13.0 Å². The number of amides is 11. The summed E-state index contributed by atoms with van der Waals surface area (Å²) in [4.78, 5) is 169. The number of anilines is 1. The zero-order valence-corrected chi connectivity index (χ0v) is 53.6. The second-order valence-corrected chi connectivity index (χ2v) is 25.4. The Bertz CT molecular complexity index is 2830. The molecule has 0 saturated carbocycles. The molecule has 11 amide bonds. The first-order valence-corrected chi connectivity index (χ1v) is 31.3. The zero-order valence-electron chi connectivity index (χ0n) is 52.0. The maximum atomic E-state index is 13.7. The van der Waals surface area contributed by atoms with E-state index in [1.165, 1.54) is 34.9 Å². The van der Waals surface area contributed by atoms with E-state index in [0.29, 0.717) is 76.9 Å². The normalized spacial score (nSPS) is 17.0. The molecular weight excluding hydrogens is 1180 g/mol. The fourth-order valence-electron chi connectivity index (χ4n) is 9.03. The Morgan fingerprint density at radius 2 is 1.31 bits per heavy atom. The zero-order chi connectivity index (χ0) is 65.3. The van der Waals surface area contributed by atoms with Gasteiger partial charge in [-0.15, -0.1) is 23.1 Å². The molecular formula is C57H89N15O14S2. The van der Waals surface area contributed by atoms with Crippen LogP contribution in [0.5, 0.6) is 0 Å². The Kier molecular flexibility index (Phi) is 29.9. The smallest absolute Gasteiger partial charge is 0.408 e. The van der Waals surface area contributed by atoms with Crippen LogP contribution in [0.15, 0.2) is 23.2 Å². The van der Waals surface area contributed by atoms with Crippen LogP contribution in [0.25, 0.3) is 10.2 Å². The van der Waals surface area contributed by atoms with Crippen LogP contribution in [0, 0.1) is 5.92 Å². The fraction of sp³-hybridized carbons (Fsp3) is 0.649. The number of alkyl carbamates (subject to hydrolysis) is 1. The van der Waals surface area contributed by atoms with Gasteiger partial charge >= 0.3 is 12.1 Å². The lowest BCUT2D eigenvalue weighted by atomic mass is 10.1. The van der Waals surface area contributed by atoms with Gasteiger partial charge in [0.2, 0.25) is 59.1 Å². The topological polar surface area (TPSA) is 390 Å². The molecule has 3 heterocycles. The van der Waals surface area contributed by atoms with Crippen LogP contribution in [-0.4, -0.2) is 229 Å². The van der Waals surface area contributed by atoms with E-state index in [4.69, 9.17) is 4.74 Å². The van der Waals surface area contributed by atoms with Crippen LogP contribution in [0.1, 0.15) is 111 Å². The number of carbonyl (C=O) groups is 12. The van der Waals surface area contributed by atoms with Gasteiger partial charge in [0.1, 0.15) is 39.8 Å². The van der Waals surface area contributed by atoms with Gasteiger partial charge in [-0.25, -0.2) is 14.6 Å². The van der Waals surface area contributed by atoms with Crippen molar-refractivity contribution in [1.29, 1.82) is 0 Å². The molecule has 2 aliphatic rings. The number of carboxylic acids is 1. The highest BCUT2D eigenvalue weighted by atomic mass is 32.2. The highest BCUT2D eigenvalue weighted by Crippen LogP contribution is 2.31. The first-order valence-electron chi connectivity index (χ1n) is 29.4. The van der Waals surface area contributed by atoms with Crippen LogP contribution in [-0.2, 0) is 57.5 Å². The number of unbranched alkanes of at least 4 members (excludes halogenated alkanes) is 3. The van der Waals surface area contributed by atoms with E-state index in [-0.39, 0.29) is 38.1 Å². The molecule has 0 aliphatic carbocycles. The van der Waals surface area contributed by atoms with Crippen molar-refractivity contribution >= 4 is 115 Å². The van der Waals surface area contributed by atoms with Gasteiger partial charge in [-0.2, -0.15) is 0 Å². The van der Waals surface area contributed by atoms with Crippen molar-refractivity contribution in [2.45, 2.75) is 148 Å². The molecule has 88 heavy (non-hydrogen) atoms. The van der Waals surface area contributed by atoms with E-state index < -0.39 is 139 Å². The minimum absolute atomic E-state index is 0.149. The number of fused-ring (bicyclic) bond motifs is 1. The van der Waals surface area contributed by atoms with Crippen LogP contribution >= 0.6 is 23.1 Å². The lowest BCUT2D eigenvalue weighted by Crippen LogP contribution is -2.53. The fourth-order valence-corrected chi connectivity index (χ4v) is 11.1. The Hall–Kier alpha value is -7.51. The molecule has 29 nitrogen and oxygen atoms in total. The summed E-state index contributed by atoms with van der Waals surface area (Å²) in [5.41, 5.74) is 0.242. The molecule has 7 atom stereocenters. The second-order valence-electron chi connectivity index (χ2n) is 23.3. The molecule has 11 N–H and O–H groups in total. The van der Waals surface area contributed by atoms with Gasteiger partial charge in [0, 0.05) is 37.5 Å². The Morgan fingerprint density at radius 3 is 1.90 bits per heavy atom. The third-order valence-corrected chi connectivity index (χ3v) is 16.0. The Morgan fingerprint density at radius 1 is 0.727 bits per heavy atom. The molecule has 3 unspecified atom stereocenters. The Labute approximate surface area is 521 Å². The molecule has 0 bridgehead atoms. The van der Waals surface area contributed by atoms with Gasteiger partial charge in [-0.1, -0.05) is 6.92 Å². The summed E-state index contributed by atoms with van der Waals surface area (Å²) in [5, 5.41) is 36.7. The first kappa shape index (κ1) is 73.0. The number of carboxylic acid groups (broad SMARTS) is 1. The lowest BCUT2D eigenvalue weighted by Gasteiger charge is -2.24. The number of nitrogens with one attached hydrogen (secondary N) is 10. The highest BCUT2D eigenvalue weighted by molar-refractivity contribution is 8.15. The number of hydrogen-bond donors (Lipinski definition) is 11. The number of aliphatic imine (C=N–C) groups is 1. The average molecular weight is 1270 g/mol. The van der Waals surface area contributed by atoms with E-state index in [2.05, 4.69) is 63.1 Å². The predicted molar refractivity (Wildman–Crippen MR) is 332 cm³/mol. The molecule has 1 aromatic heterocycles. The standard InChI is InChI=1S/C57H89N15O14S2/c1-33(48(78)66-40(17-11-14-22-58-35(3)73)51(81)63-36-20-21-37-43(26-36)88-53(67-37)52-68-42(32-87-52)55(83)84)27-59-44(74)28-60-45(75)29-61-49(79)38(18-12-15-23-70(7)8)64-47(77)31-72-34(2)25-41(54(72)82)65-46(76)30-62-50(80)39(19-13-16-24-71(9)10)69-56(85)86-57(4,5)6/h20-21,26,33-34,38-42H,11-19,22-25,27-32H2,1-10H3,(H,58,73)(H,59,74)(H,60,75)(H,61,79)(H,62,80)(H,63,81)(H,64,77)(H,65,76)(H,66,78)(H,69,85)(H,83,84)/t33-,34?,38+,39+,40?,41+,42?/m1/s1. The predicted octanol–water partition coefficient (Wildman–Crippen LogP) is 0.0210. The third kappa shape index (κ3) is 26.4. The number of aromatic nitrogens is 1. The van der Waals surface area contributed by atoms with Crippen molar-refractivity contribution in [2.24, 2.45) is 10.9 Å². The highest BCUT2D eigenvalue weighted by Gasteiger charge is 2.39. The van der Waals surface area contributed by atoms with Gasteiger partial charge in [0.25, 0.3) is 0 Å². The maximum Gasteiger partial charge on any atom is 0.408 e. The van der Waals surface area contributed by atoms with Gasteiger partial charge < -0.3 is 77.7 Å². The summed E-state index contributed by atoms with van der Waals surface area (Å²) in [5.74, 6) is -7.40. The van der Waals surface area contributed by atoms with Gasteiger partial charge in [-0.3, -0.25) is 52.9 Å². The van der Waals surface area contributed by atoms with E-state index in [9.17, 15) is 62.6 Å². The number of benzene rings is 1. The minimum Gasteiger partial charge on any atom is -0.480 e. The maximum absolute atomic E-state index is 13.7. The van der Waals surface area contributed by atoms with Crippen molar-refractivity contribution in [3.63, 3.8) is 0 Å². The largest absolute Gasteiger partial charge is 0.480 e. The third-order valence-electron chi connectivity index (χ3n) is 13.7. The van der Waals surface area contributed by atoms with E-state index >= 15 is 0 Å². The number of thioether (sulfide) groups is 1. The number of rotatable bonds is 36.